The van der Waals surface area contributed by atoms with Crippen LogP contribution in [0.4, 0.5) is 4.39 Å². The number of phenolic OH excluding ortho intramolecular Hbond substituents is 4. The van der Waals surface area contributed by atoms with Crippen molar-refractivity contribution >= 4 is 21.7 Å². The van der Waals surface area contributed by atoms with Gasteiger partial charge in [0.1, 0.15) is 62.7 Å². The molecule has 4 aromatic rings. The van der Waals surface area contributed by atoms with Crippen molar-refractivity contribution in [1.82, 2.24) is 0 Å². The number of benzene rings is 4. The summed E-state index contributed by atoms with van der Waals surface area (Å²) in [6, 6.07) is 9.68. The zero-order valence-electron chi connectivity index (χ0n) is 51.3. The molecule has 11 heteroatoms. The van der Waals surface area contributed by atoms with Crippen LogP contribution >= 0.6 is 15.9 Å². The Morgan fingerprint density at radius 1 is 0.481 bits per heavy atom. The summed E-state index contributed by atoms with van der Waals surface area (Å²) in [4.78, 5) is 12.4. The van der Waals surface area contributed by atoms with Gasteiger partial charge in [-0.05, 0) is 249 Å². The zero-order valence-corrected chi connectivity index (χ0v) is 52.9. The summed E-state index contributed by atoms with van der Waals surface area (Å²) in [6.07, 6.45) is 19.5. The molecule has 4 aliphatic rings. The molecule has 0 bridgehead atoms. The first-order valence-corrected chi connectivity index (χ1v) is 30.6. The number of carbonyl (C=O) groups excluding carboxylic acids is 1. The van der Waals surface area contributed by atoms with Crippen molar-refractivity contribution in [2.45, 2.75) is 255 Å². The Morgan fingerprint density at radius 3 is 1.29 bits per heavy atom. The van der Waals surface area contributed by atoms with Crippen LogP contribution in [0, 0.1) is 57.2 Å². The van der Waals surface area contributed by atoms with Crippen molar-refractivity contribution < 1.29 is 48.6 Å². The van der Waals surface area contributed by atoms with Crippen LogP contribution in [-0.4, -0.2) is 48.6 Å². The first-order valence-electron chi connectivity index (χ1n) is 29.8. The summed E-state index contributed by atoms with van der Waals surface area (Å²) in [5.41, 5.74) is 6.44. The van der Waals surface area contributed by atoms with Crippen LogP contribution in [0.5, 0.6) is 46.0 Å². The molecule has 79 heavy (non-hydrogen) atoms. The zero-order chi connectivity index (χ0) is 58.8. The fraction of sp³-hybridized carbons (Fsp3) is 0.632. The van der Waals surface area contributed by atoms with Crippen LogP contribution in [-0.2, 0) is 19.3 Å². The van der Waals surface area contributed by atoms with Crippen LogP contribution in [0.1, 0.15) is 235 Å². The van der Waals surface area contributed by atoms with Crippen molar-refractivity contribution in [1.29, 1.82) is 0 Å². The summed E-state index contributed by atoms with van der Waals surface area (Å²) in [5, 5.41) is 38.9. The van der Waals surface area contributed by atoms with Crippen LogP contribution in [0.25, 0.3) is 0 Å². The van der Waals surface area contributed by atoms with Gasteiger partial charge in [-0.2, -0.15) is 0 Å². The van der Waals surface area contributed by atoms with E-state index in [0.29, 0.717) is 46.8 Å². The molecule has 3 unspecified atom stereocenters. The Balaban J connectivity index is 0.000000194. The van der Waals surface area contributed by atoms with Gasteiger partial charge in [0, 0.05) is 11.6 Å². The number of carbonyl (C=O) groups is 1. The number of Topliss-reactive ketones (excluding diaryl/α,β-unsaturated/α-hetero) is 1. The smallest absolute Gasteiger partial charge is 0.170 e. The molecule has 4 aromatic carbocycles. The molecule has 4 heterocycles. The van der Waals surface area contributed by atoms with Crippen LogP contribution in [0.15, 0.2) is 40.9 Å². The van der Waals surface area contributed by atoms with Gasteiger partial charge in [-0.25, -0.2) is 4.39 Å². The van der Waals surface area contributed by atoms with Gasteiger partial charge in [0.05, 0.1) is 16.5 Å². The highest BCUT2D eigenvalue weighted by Crippen LogP contribution is 2.46. The van der Waals surface area contributed by atoms with E-state index >= 15 is 0 Å². The molecule has 0 radical (unpaired) electrons. The fourth-order valence-electron chi connectivity index (χ4n) is 11.4. The largest absolute Gasteiger partial charge is 0.508 e. The maximum atomic E-state index is 13.8. The summed E-state index contributed by atoms with van der Waals surface area (Å²) in [5.74, 6) is 6.25. The van der Waals surface area contributed by atoms with Gasteiger partial charge in [0.25, 0.3) is 0 Å². The van der Waals surface area contributed by atoms with Gasteiger partial charge in [-0.1, -0.05) is 81.1 Å². The molecular formula is C68H100BrFO9. The number of hydrogen-bond donors (Lipinski definition) is 4. The molecule has 0 amide bonds. The number of hydrogen-bond acceptors (Lipinski definition) is 9. The van der Waals surface area contributed by atoms with Crippen molar-refractivity contribution in [2.75, 3.05) is 0 Å². The minimum Gasteiger partial charge on any atom is -0.508 e. The van der Waals surface area contributed by atoms with Gasteiger partial charge in [0.2, 0.25) is 0 Å². The second-order valence-electron chi connectivity index (χ2n) is 26.4. The van der Waals surface area contributed by atoms with E-state index in [4.69, 9.17) is 18.9 Å². The number of phenols is 4. The van der Waals surface area contributed by atoms with Crippen LogP contribution < -0.4 is 18.9 Å². The molecule has 0 spiro atoms. The van der Waals surface area contributed by atoms with Gasteiger partial charge in [-0.15, -0.1) is 0 Å². The van der Waals surface area contributed by atoms with E-state index in [1.807, 2.05) is 46.8 Å². The molecule has 8 rings (SSSR count). The van der Waals surface area contributed by atoms with Gasteiger partial charge in [-0.3, -0.25) is 4.79 Å². The van der Waals surface area contributed by atoms with Crippen molar-refractivity contribution in [3.8, 4) is 46.0 Å². The second kappa shape index (κ2) is 27.9. The molecule has 0 saturated carbocycles. The van der Waals surface area contributed by atoms with E-state index in [0.717, 1.165) is 156 Å². The van der Waals surface area contributed by atoms with Crippen LogP contribution in [0.2, 0.25) is 0 Å². The Hall–Kier alpha value is -4.64. The molecule has 4 N–H and O–H groups in total. The van der Waals surface area contributed by atoms with E-state index in [1.54, 1.807) is 18.2 Å². The molecule has 9 nitrogen and oxygen atoms in total. The molecule has 0 fully saturated rings. The lowest BCUT2D eigenvalue weighted by Gasteiger charge is -2.37. The van der Waals surface area contributed by atoms with Crippen molar-refractivity contribution in [3.05, 3.63) is 91.2 Å². The molecule has 0 aromatic heterocycles. The summed E-state index contributed by atoms with van der Waals surface area (Å²) in [6.45, 7) is 34.2. The van der Waals surface area contributed by atoms with Crippen LogP contribution in [0.3, 0.4) is 0 Å². The Kier molecular flexibility index (Phi) is 23.0. The highest BCUT2D eigenvalue weighted by molar-refractivity contribution is 9.10. The molecule has 4 atom stereocenters. The standard InChI is InChI=1S/C18H26O3.C18H28O2.C16H23BrO2.C16H23FO2/c1-11(2)7-6-8-18(5)10-16(20)14-9-15(19)12(3)13(4)17(14)21-18;1-12(2)7-6-9-18(5)10-8-15-11-16(19)13(3)14(4)17(15)20-18;2*1-11(2)5-4-7-16(3)8-6-12-9-13(18)10-14(17)15(12)19-16/h9,11,19H,6-8,10H2,1-5H3;11-12,19H,6-10H2,1-5H3;2*9-11,18H,4-8H2,1-3H3/t;18-;;/m.1../s1. The summed E-state index contributed by atoms with van der Waals surface area (Å²) in [7, 11) is 0. The average molecular weight is 1160 g/mol. The lowest BCUT2D eigenvalue weighted by molar-refractivity contribution is 0.0440. The maximum Gasteiger partial charge on any atom is 0.170 e. The first kappa shape index (κ1) is 65.2. The average Bonchev–Trinajstić information content (AvgIpc) is 3.38. The van der Waals surface area contributed by atoms with E-state index in [9.17, 15) is 29.6 Å². The monoisotopic (exact) mass is 1160 g/mol. The number of aryl methyl sites for hydroxylation is 3. The first-order chi connectivity index (χ1) is 36.8. The molecule has 0 aliphatic carbocycles. The third-order valence-corrected chi connectivity index (χ3v) is 17.4. The van der Waals surface area contributed by atoms with E-state index < -0.39 is 11.4 Å². The number of halogens is 2. The van der Waals surface area contributed by atoms with E-state index in [1.165, 1.54) is 32.1 Å². The Labute approximate surface area is 483 Å². The lowest BCUT2D eigenvalue weighted by atomic mass is 9.85. The number of ether oxygens (including phenoxy) is 4. The Bertz CT molecular complexity index is 2610. The maximum absolute atomic E-state index is 13.8. The molecule has 0 saturated heterocycles. The Morgan fingerprint density at radius 2 is 0.835 bits per heavy atom. The number of aromatic hydroxyl groups is 4. The highest BCUT2D eigenvalue weighted by Gasteiger charge is 2.39. The third kappa shape index (κ3) is 18.4. The predicted molar refractivity (Wildman–Crippen MR) is 324 cm³/mol. The van der Waals surface area contributed by atoms with E-state index in [-0.39, 0.29) is 34.1 Å². The molecule has 440 valence electrons. The summed E-state index contributed by atoms with van der Waals surface area (Å²) < 4.78 is 39.4. The fourth-order valence-corrected chi connectivity index (χ4v) is 11.9. The minimum atomic E-state index is -0.454. The second-order valence-corrected chi connectivity index (χ2v) is 27.3. The third-order valence-electron chi connectivity index (χ3n) is 16.9. The normalized spacial score (nSPS) is 21.8. The summed E-state index contributed by atoms with van der Waals surface area (Å²) >= 11 is 3.49. The quantitative estimate of drug-likeness (QED) is 0.0865. The van der Waals surface area contributed by atoms with E-state index in [2.05, 4.69) is 92.1 Å². The topological polar surface area (TPSA) is 135 Å². The predicted octanol–water partition coefficient (Wildman–Crippen LogP) is 19.0. The SMILES string of the molecule is CC(C)CCCC1(C)CCc2cc(O)cc(Br)c2O1.CC(C)CCCC1(C)CCc2cc(O)cc(F)c2O1.Cc1c(O)cc2c(c1C)OC(C)(CCCC(C)C)CC2=O.Cc1c(O)cc2c(c1C)O[C@](C)(CCCC(C)C)CC2. The number of ketones is 1. The van der Waals surface area contributed by atoms with Crippen molar-refractivity contribution in [3.63, 3.8) is 0 Å². The number of fused-ring (bicyclic) bond motifs is 4. The van der Waals surface area contributed by atoms with Gasteiger partial charge >= 0.3 is 0 Å². The van der Waals surface area contributed by atoms with Gasteiger partial charge in [0.15, 0.2) is 17.3 Å². The van der Waals surface area contributed by atoms with Crippen molar-refractivity contribution in [2.24, 2.45) is 23.7 Å². The highest BCUT2D eigenvalue weighted by atomic mass is 79.9. The number of rotatable bonds is 16. The minimum absolute atomic E-state index is 0.0248. The molecule has 4 aliphatic heterocycles. The molecular weight excluding hydrogens is 1060 g/mol. The van der Waals surface area contributed by atoms with Gasteiger partial charge < -0.3 is 39.4 Å². The lowest BCUT2D eigenvalue weighted by Crippen LogP contribution is -2.39.